The van der Waals surface area contributed by atoms with Gasteiger partial charge < -0.3 is 11.1 Å². The predicted molar refractivity (Wildman–Crippen MR) is 114 cm³/mol. The topological polar surface area (TPSA) is 122 Å². The average Bonchev–Trinajstić information content (AvgIpc) is 3.18. The Kier molecular flexibility index (Phi) is 7.04. The SMILES string of the molecule is C[C@H](NS(=O)(=O)c1ccccc1F)C(=O)Nc1ccccc1CN1CCCC1C(N)=O. The normalized spacial score (nSPS) is 17.9. The number of nitrogens with one attached hydrogen (secondary N) is 2. The van der Waals surface area contributed by atoms with Crippen molar-refractivity contribution in [3.63, 3.8) is 0 Å². The Morgan fingerprint density at radius 2 is 1.87 bits per heavy atom. The number of carbonyl (C=O) groups excluding carboxylic acids is 2. The molecule has 1 aliphatic heterocycles. The van der Waals surface area contributed by atoms with Gasteiger partial charge >= 0.3 is 0 Å². The van der Waals surface area contributed by atoms with E-state index in [9.17, 15) is 22.4 Å². The third-order valence-corrected chi connectivity index (χ3v) is 6.77. The van der Waals surface area contributed by atoms with Crippen LogP contribution in [0.1, 0.15) is 25.3 Å². The van der Waals surface area contributed by atoms with Crippen LogP contribution in [-0.4, -0.2) is 43.8 Å². The number of likely N-dealkylation sites (tertiary alicyclic amines) is 1. The average molecular weight is 449 g/mol. The van der Waals surface area contributed by atoms with Crippen LogP contribution in [0.2, 0.25) is 0 Å². The lowest BCUT2D eigenvalue weighted by Gasteiger charge is -2.23. The fourth-order valence-electron chi connectivity index (χ4n) is 3.59. The van der Waals surface area contributed by atoms with Gasteiger partial charge in [0.1, 0.15) is 10.7 Å². The Morgan fingerprint density at radius 3 is 2.58 bits per heavy atom. The summed E-state index contributed by atoms with van der Waals surface area (Å²) in [6, 6.07) is 10.5. The number of sulfonamides is 1. The Hall–Kier alpha value is -2.82. The van der Waals surface area contributed by atoms with Crippen LogP contribution in [0.15, 0.2) is 53.4 Å². The molecule has 2 aromatic rings. The summed E-state index contributed by atoms with van der Waals surface area (Å²) in [6.45, 7) is 2.51. The van der Waals surface area contributed by atoms with Gasteiger partial charge in [0, 0.05) is 12.2 Å². The highest BCUT2D eigenvalue weighted by molar-refractivity contribution is 7.89. The van der Waals surface area contributed by atoms with Gasteiger partial charge in [0.25, 0.3) is 0 Å². The number of nitrogens with zero attached hydrogens (tertiary/aromatic N) is 1. The zero-order chi connectivity index (χ0) is 22.6. The van der Waals surface area contributed by atoms with E-state index < -0.39 is 32.7 Å². The van der Waals surface area contributed by atoms with Gasteiger partial charge in [-0.25, -0.2) is 12.8 Å². The molecule has 166 valence electrons. The monoisotopic (exact) mass is 448 g/mol. The number of para-hydroxylation sites is 1. The van der Waals surface area contributed by atoms with E-state index >= 15 is 0 Å². The van der Waals surface area contributed by atoms with Gasteiger partial charge in [0.05, 0.1) is 12.1 Å². The number of hydrogen-bond donors (Lipinski definition) is 3. The molecule has 0 saturated carbocycles. The lowest BCUT2D eigenvalue weighted by atomic mass is 10.1. The largest absolute Gasteiger partial charge is 0.368 e. The van der Waals surface area contributed by atoms with Gasteiger partial charge in [-0.1, -0.05) is 30.3 Å². The molecule has 1 heterocycles. The van der Waals surface area contributed by atoms with Crippen LogP contribution in [0.25, 0.3) is 0 Å². The van der Waals surface area contributed by atoms with Crippen LogP contribution in [0.3, 0.4) is 0 Å². The van der Waals surface area contributed by atoms with E-state index in [4.69, 9.17) is 5.73 Å². The van der Waals surface area contributed by atoms with E-state index in [1.807, 2.05) is 17.0 Å². The molecule has 0 bridgehead atoms. The minimum atomic E-state index is -4.22. The molecule has 4 N–H and O–H groups in total. The first-order valence-corrected chi connectivity index (χ1v) is 11.4. The van der Waals surface area contributed by atoms with E-state index in [0.717, 1.165) is 24.1 Å². The molecule has 10 heteroatoms. The molecule has 1 saturated heterocycles. The molecule has 1 aliphatic rings. The zero-order valence-corrected chi connectivity index (χ0v) is 17.9. The summed E-state index contributed by atoms with van der Waals surface area (Å²) < 4.78 is 40.9. The maximum Gasteiger partial charge on any atom is 0.244 e. The van der Waals surface area contributed by atoms with E-state index in [-0.39, 0.29) is 11.9 Å². The van der Waals surface area contributed by atoms with Crippen molar-refractivity contribution in [2.45, 2.75) is 43.3 Å². The van der Waals surface area contributed by atoms with Crippen molar-refractivity contribution in [1.29, 1.82) is 0 Å². The third kappa shape index (κ3) is 5.46. The highest BCUT2D eigenvalue weighted by Crippen LogP contribution is 2.24. The Morgan fingerprint density at radius 1 is 1.19 bits per heavy atom. The van der Waals surface area contributed by atoms with Crippen LogP contribution >= 0.6 is 0 Å². The Labute approximate surface area is 180 Å². The van der Waals surface area contributed by atoms with Gasteiger partial charge in [0.15, 0.2) is 0 Å². The van der Waals surface area contributed by atoms with Crippen molar-refractivity contribution >= 4 is 27.5 Å². The zero-order valence-electron chi connectivity index (χ0n) is 17.0. The maximum atomic E-state index is 13.9. The van der Waals surface area contributed by atoms with Crippen molar-refractivity contribution < 1.29 is 22.4 Å². The molecule has 2 atom stereocenters. The second kappa shape index (κ2) is 9.54. The Bertz CT molecular complexity index is 1080. The second-order valence-electron chi connectivity index (χ2n) is 7.45. The number of halogens is 1. The van der Waals surface area contributed by atoms with Gasteiger partial charge in [-0.05, 0) is 50.1 Å². The van der Waals surface area contributed by atoms with Gasteiger partial charge in [-0.15, -0.1) is 0 Å². The molecule has 1 fully saturated rings. The van der Waals surface area contributed by atoms with Gasteiger partial charge in [-0.3, -0.25) is 14.5 Å². The molecule has 2 amide bonds. The van der Waals surface area contributed by atoms with E-state index in [1.165, 1.54) is 19.1 Å². The molecule has 3 rings (SSSR count). The first-order chi connectivity index (χ1) is 14.7. The summed E-state index contributed by atoms with van der Waals surface area (Å²) in [4.78, 5) is 25.7. The van der Waals surface area contributed by atoms with Crippen molar-refractivity contribution in [3.05, 3.63) is 59.9 Å². The number of rotatable bonds is 8. The molecular formula is C21H25FN4O4S. The number of nitrogens with two attached hydrogens (primary N) is 1. The van der Waals surface area contributed by atoms with Crippen molar-refractivity contribution in [2.24, 2.45) is 5.73 Å². The fraction of sp³-hybridized carbons (Fsp3) is 0.333. The lowest BCUT2D eigenvalue weighted by Crippen LogP contribution is -2.42. The maximum absolute atomic E-state index is 13.9. The standard InChI is InChI=1S/C21H25FN4O4S/c1-14(25-31(29,30)19-11-5-3-8-16(19)22)21(28)24-17-9-4-2-7-15(17)13-26-12-6-10-18(26)20(23)27/h2-5,7-9,11,14,18,25H,6,10,12-13H2,1H3,(H2,23,27)(H,24,28)/t14-,18?/m0/s1. The predicted octanol–water partition coefficient (Wildman–Crippen LogP) is 1.58. The summed E-state index contributed by atoms with van der Waals surface area (Å²) in [6.07, 6.45) is 1.55. The molecule has 1 unspecified atom stereocenters. The minimum Gasteiger partial charge on any atom is -0.368 e. The lowest BCUT2D eigenvalue weighted by molar-refractivity contribution is -0.122. The number of primary amides is 1. The van der Waals surface area contributed by atoms with E-state index in [1.54, 1.807) is 12.1 Å². The Balaban J connectivity index is 1.71. The molecule has 0 aromatic heterocycles. The number of carbonyl (C=O) groups is 2. The second-order valence-corrected chi connectivity index (χ2v) is 9.13. The number of anilines is 1. The summed E-state index contributed by atoms with van der Waals surface area (Å²) >= 11 is 0. The summed E-state index contributed by atoms with van der Waals surface area (Å²) in [7, 11) is -4.22. The number of benzene rings is 2. The van der Waals surface area contributed by atoms with E-state index in [2.05, 4.69) is 10.0 Å². The van der Waals surface area contributed by atoms with Crippen LogP contribution in [0, 0.1) is 5.82 Å². The highest BCUT2D eigenvalue weighted by Gasteiger charge is 2.30. The summed E-state index contributed by atoms with van der Waals surface area (Å²) in [5.41, 5.74) is 6.75. The molecule has 0 aliphatic carbocycles. The molecule has 2 aromatic carbocycles. The molecular weight excluding hydrogens is 423 g/mol. The third-order valence-electron chi connectivity index (χ3n) is 5.19. The molecule has 8 nitrogen and oxygen atoms in total. The quantitative estimate of drug-likeness (QED) is 0.566. The number of hydrogen-bond acceptors (Lipinski definition) is 5. The molecule has 0 radical (unpaired) electrons. The van der Waals surface area contributed by atoms with Crippen molar-refractivity contribution in [2.75, 3.05) is 11.9 Å². The fourth-order valence-corrected chi connectivity index (χ4v) is 4.87. The smallest absolute Gasteiger partial charge is 0.244 e. The first-order valence-electron chi connectivity index (χ1n) is 9.88. The van der Waals surface area contributed by atoms with Crippen molar-refractivity contribution in [3.8, 4) is 0 Å². The van der Waals surface area contributed by atoms with Crippen LogP contribution in [-0.2, 0) is 26.2 Å². The minimum absolute atomic E-state index is 0.352. The molecule has 0 spiro atoms. The van der Waals surface area contributed by atoms with Gasteiger partial charge in [-0.2, -0.15) is 4.72 Å². The van der Waals surface area contributed by atoms with Crippen molar-refractivity contribution in [1.82, 2.24) is 9.62 Å². The van der Waals surface area contributed by atoms with Crippen LogP contribution < -0.4 is 15.8 Å². The van der Waals surface area contributed by atoms with Crippen LogP contribution in [0.5, 0.6) is 0 Å². The summed E-state index contributed by atoms with van der Waals surface area (Å²) in [5, 5.41) is 2.71. The van der Waals surface area contributed by atoms with E-state index in [0.29, 0.717) is 25.2 Å². The highest BCUT2D eigenvalue weighted by atomic mass is 32.2. The summed E-state index contributed by atoms with van der Waals surface area (Å²) in [5.74, 6) is -1.88. The first kappa shape index (κ1) is 22.9. The molecule has 31 heavy (non-hydrogen) atoms. The van der Waals surface area contributed by atoms with Gasteiger partial charge in [0.2, 0.25) is 21.8 Å². The number of amides is 2. The van der Waals surface area contributed by atoms with Crippen LogP contribution in [0.4, 0.5) is 10.1 Å².